The molecule has 0 radical (unpaired) electrons. The molecule has 2 aromatic carbocycles. The highest BCUT2D eigenvalue weighted by Crippen LogP contribution is 2.25. The highest BCUT2D eigenvalue weighted by atomic mass is 79.9. The molecule has 0 bridgehead atoms. The second kappa shape index (κ2) is 6.50. The van der Waals surface area contributed by atoms with Gasteiger partial charge in [0.25, 0.3) is 0 Å². The van der Waals surface area contributed by atoms with Crippen LogP contribution in [0.25, 0.3) is 11.0 Å². The molecule has 0 N–H and O–H groups in total. The maximum absolute atomic E-state index is 11.7. The number of hydrogen-bond acceptors (Lipinski definition) is 3. The van der Waals surface area contributed by atoms with Crippen molar-refractivity contribution in [2.75, 3.05) is 0 Å². The summed E-state index contributed by atoms with van der Waals surface area (Å²) < 4.78 is 6.16. The van der Waals surface area contributed by atoms with Gasteiger partial charge in [0.05, 0.1) is 0 Å². The second-order valence-electron chi connectivity index (χ2n) is 4.71. The number of thioether (sulfide) groups is 1. The summed E-state index contributed by atoms with van der Waals surface area (Å²) in [5.74, 6) is 1.72. The Morgan fingerprint density at radius 1 is 1.00 bits per heavy atom. The summed E-state index contributed by atoms with van der Waals surface area (Å²) in [6, 6.07) is 17.7. The van der Waals surface area contributed by atoms with Gasteiger partial charge >= 0.3 is 5.63 Å². The van der Waals surface area contributed by atoms with Crippen molar-refractivity contribution in [1.29, 1.82) is 0 Å². The van der Waals surface area contributed by atoms with Crippen LogP contribution in [0.5, 0.6) is 0 Å². The molecule has 3 aromatic rings. The summed E-state index contributed by atoms with van der Waals surface area (Å²) in [6.45, 7) is 0. The lowest BCUT2D eigenvalue weighted by molar-refractivity contribution is 0.559. The van der Waals surface area contributed by atoms with Gasteiger partial charge in [0.2, 0.25) is 0 Å². The van der Waals surface area contributed by atoms with Crippen LogP contribution in [-0.2, 0) is 11.5 Å². The quantitative estimate of drug-likeness (QED) is 0.614. The molecule has 0 amide bonds. The molecule has 106 valence electrons. The van der Waals surface area contributed by atoms with Gasteiger partial charge in [-0.15, -0.1) is 0 Å². The van der Waals surface area contributed by atoms with Crippen molar-refractivity contribution in [2.24, 2.45) is 0 Å². The van der Waals surface area contributed by atoms with Gasteiger partial charge < -0.3 is 4.42 Å². The smallest absolute Gasteiger partial charge is 0.336 e. The lowest BCUT2D eigenvalue weighted by atomic mass is 10.1. The maximum atomic E-state index is 11.7. The van der Waals surface area contributed by atoms with E-state index < -0.39 is 0 Å². The predicted molar refractivity (Wildman–Crippen MR) is 91.6 cm³/mol. The van der Waals surface area contributed by atoms with E-state index in [-0.39, 0.29) is 5.63 Å². The van der Waals surface area contributed by atoms with Crippen molar-refractivity contribution in [1.82, 2.24) is 0 Å². The second-order valence-corrected chi connectivity index (χ2v) is 6.61. The van der Waals surface area contributed by atoms with Crippen molar-refractivity contribution < 1.29 is 4.42 Å². The van der Waals surface area contributed by atoms with Crippen LogP contribution in [0.3, 0.4) is 0 Å². The average molecular weight is 361 g/mol. The van der Waals surface area contributed by atoms with Crippen LogP contribution in [0.2, 0.25) is 0 Å². The maximum Gasteiger partial charge on any atom is 0.336 e. The number of fused-ring (bicyclic) bond motifs is 1. The van der Waals surface area contributed by atoms with Crippen molar-refractivity contribution in [3.8, 4) is 0 Å². The SMILES string of the molecule is O=c1cc(CSCc2ccccc2)c2ccc(Br)cc2o1. The topological polar surface area (TPSA) is 30.2 Å². The van der Waals surface area contributed by atoms with Gasteiger partial charge in [-0.25, -0.2) is 4.79 Å². The summed E-state index contributed by atoms with van der Waals surface area (Å²) in [4.78, 5) is 11.7. The first-order valence-corrected chi connectivity index (χ1v) is 8.51. The molecule has 0 unspecified atom stereocenters. The Morgan fingerprint density at radius 2 is 1.81 bits per heavy atom. The van der Waals surface area contributed by atoms with E-state index in [0.717, 1.165) is 26.9 Å². The first-order chi connectivity index (χ1) is 10.2. The molecule has 2 nitrogen and oxygen atoms in total. The molecule has 0 aliphatic heterocycles. The highest BCUT2D eigenvalue weighted by Gasteiger charge is 2.06. The Balaban J connectivity index is 1.82. The third kappa shape index (κ3) is 3.57. The van der Waals surface area contributed by atoms with Crippen LogP contribution < -0.4 is 5.63 Å². The molecule has 0 aliphatic rings. The molecule has 1 aromatic heterocycles. The summed E-state index contributed by atoms with van der Waals surface area (Å²) in [5, 5.41) is 0.998. The van der Waals surface area contributed by atoms with Crippen LogP contribution in [-0.4, -0.2) is 0 Å². The Bertz CT molecular complexity index is 812. The van der Waals surface area contributed by atoms with E-state index in [2.05, 4.69) is 28.1 Å². The monoisotopic (exact) mass is 360 g/mol. The van der Waals surface area contributed by atoms with Gasteiger partial charge in [-0.3, -0.25) is 0 Å². The molecule has 0 atom stereocenters. The molecule has 3 rings (SSSR count). The molecule has 4 heteroatoms. The molecule has 1 heterocycles. The van der Waals surface area contributed by atoms with E-state index in [4.69, 9.17) is 4.42 Å². The summed E-state index contributed by atoms with van der Waals surface area (Å²) in [5.41, 5.74) is 2.65. The molecule has 0 saturated carbocycles. The van der Waals surface area contributed by atoms with E-state index in [1.165, 1.54) is 5.56 Å². The fourth-order valence-corrected chi connectivity index (χ4v) is 3.51. The van der Waals surface area contributed by atoms with Crippen LogP contribution in [0, 0.1) is 0 Å². The standard InChI is InChI=1S/C17H13BrO2S/c18-14-6-7-15-13(8-17(19)20-16(15)9-14)11-21-10-12-4-2-1-3-5-12/h1-9H,10-11H2. The molecule has 0 spiro atoms. The Kier molecular flexibility index (Phi) is 4.46. The predicted octanol–water partition coefficient (Wildman–Crippen LogP) is 4.99. The number of rotatable bonds is 4. The zero-order valence-electron chi connectivity index (χ0n) is 11.2. The van der Waals surface area contributed by atoms with Crippen LogP contribution in [0.1, 0.15) is 11.1 Å². The van der Waals surface area contributed by atoms with E-state index in [0.29, 0.717) is 5.58 Å². The van der Waals surface area contributed by atoms with Gasteiger partial charge in [-0.05, 0) is 29.3 Å². The summed E-state index contributed by atoms with van der Waals surface area (Å²) in [7, 11) is 0. The summed E-state index contributed by atoms with van der Waals surface area (Å²) in [6.07, 6.45) is 0. The Morgan fingerprint density at radius 3 is 2.62 bits per heavy atom. The Hall–Kier alpha value is -1.52. The van der Waals surface area contributed by atoms with Gasteiger partial charge in [0.1, 0.15) is 5.58 Å². The first-order valence-electron chi connectivity index (χ1n) is 6.56. The minimum absolute atomic E-state index is 0.295. The largest absolute Gasteiger partial charge is 0.423 e. The summed E-state index contributed by atoms with van der Waals surface area (Å²) >= 11 is 5.19. The molecule has 0 aliphatic carbocycles. The Labute approximate surface area is 135 Å². The van der Waals surface area contributed by atoms with Crippen LogP contribution in [0.4, 0.5) is 0 Å². The van der Waals surface area contributed by atoms with Crippen LogP contribution in [0.15, 0.2) is 68.3 Å². The number of benzene rings is 2. The van der Waals surface area contributed by atoms with Crippen molar-refractivity contribution >= 4 is 38.7 Å². The average Bonchev–Trinajstić information content (AvgIpc) is 2.47. The van der Waals surface area contributed by atoms with Crippen molar-refractivity contribution in [3.63, 3.8) is 0 Å². The number of halogens is 1. The van der Waals surface area contributed by atoms with E-state index >= 15 is 0 Å². The van der Waals surface area contributed by atoms with Gasteiger partial charge in [0, 0.05) is 27.4 Å². The fourth-order valence-electron chi connectivity index (χ4n) is 2.18. The molecule has 0 saturated heterocycles. The minimum Gasteiger partial charge on any atom is -0.423 e. The third-order valence-electron chi connectivity index (χ3n) is 3.16. The molecular formula is C17H13BrO2S. The highest BCUT2D eigenvalue weighted by molar-refractivity contribution is 9.10. The van der Waals surface area contributed by atoms with Crippen molar-refractivity contribution in [2.45, 2.75) is 11.5 Å². The lowest BCUT2D eigenvalue weighted by Crippen LogP contribution is -2.00. The fraction of sp³-hybridized carbons (Fsp3) is 0.118. The zero-order chi connectivity index (χ0) is 14.7. The molecule has 21 heavy (non-hydrogen) atoms. The third-order valence-corrected chi connectivity index (χ3v) is 4.71. The van der Waals surface area contributed by atoms with Crippen molar-refractivity contribution in [3.05, 3.63) is 80.6 Å². The van der Waals surface area contributed by atoms with Gasteiger partial charge in [0.15, 0.2) is 0 Å². The zero-order valence-corrected chi connectivity index (χ0v) is 13.6. The molecule has 0 fully saturated rings. The minimum atomic E-state index is -0.295. The first kappa shape index (κ1) is 14.4. The van der Waals surface area contributed by atoms with Gasteiger partial charge in [-0.2, -0.15) is 11.8 Å². The van der Waals surface area contributed by atoms with Crippen LogP contribution >= 0.6 is 27.7 Å². The van der Waals surface area contributed by atoms with E-state index in [1.54, 1.807) is 17.8 Å². The van der Waals surface area contributed by atoms with E-state index in [9.17, 15) is 4.79 Å². The lowest BCUT2D eigenvalue weighted by Gasteiger charge is -2.06. The molecular weight excluding hydrogens is 348 g/mol. The number of hydrogen-bond donors (Lipinski definition) is 0. The van der Waals surface area contributed by atoms with E-state index in [1.807, 2.05) is 36.4 Å². The normalized spacial score (nSPS) is 10.9. The van der Waals surface area contributed by atoms with Gasteiger partial charge in [-0.1, -0.05) is 46.3 Å².